The summed E-state index contributed by atoms with van der Waals surface area (Å²) in [6.45, 7) is 2.08. The van der Waals surface area contributed by atoms with Crippen LogP contribution in [0.2, 0.25) is 0 Å². The molecule has 0 radical (unpaired) electrons. The van der Waals surface area contributed by atoms with Crippen LogP contribution < -0.4 is 5.32 Å². The van der Waals surface area contributed by atoms with E-state index in [2.05, 4.69) is 30.5 Å². The van der Waals surface area contributed by atoms with Gasteiger partial charge < -0.3 is 0 Å². The maximum absolute atomic E-state index is 12.1. The summed E-state index contributed by atoms with van der Waals surface area (Å²) in [5, 5.41) is 15.0. The van der Waals surface area contributed by atoms with Gasteiger partial charge in [0.05, 0.1) is 13.1 Å². The Labute approximate surface area is 126 Å². The third-order valence-electron chi connectivity index (χ3n) is 3.57. The fourth-order valence-corrected chi connectivity index (χ4v) is 3.05. The third kappa shape index (κ3) is 3.82. The van der Waals surface area contributed by atoms with Crippen LogP contribution in [0.25, 0.3) is 0 Å². The molecule has 1 fully saturated rings. The van der Waals surface area contributed by atoms with Gasteiger partial charge in [0.25, 0.3) is 0 Å². The van der Waals surface area contributed by atoms with Crippen LogP contribution in [0.1, 0.15) is 19.3 Å². The number of anilines is 1. The van der Waals surface area contributed by atoms with Crippen LogP contribution in [0.5, 0.6) is 0 Å². The SMILES string of the molecule is O=C(CN1CCCC[C@H]1Cn1cncn1)Nc1nncs1. The second-order valence-corrected chi connectivity index (χ2v) is 5.86. The molecule has 1 saturated heterocycles. The minimum atomic E-state index is -0.0442. The zero-order chi connectivity index (χ0) is 14.5. The molecule has 0 spiro atoms. The number of nitrogens with zero attached hydrogens (tertiary/aromatic N) is 6. The largest absolute Gasteiger partial charge is 0.299 e. The molecular weight excluding hydrogens is 290 g/mol. The van der Waals surface area contributed by atoms with Crippen LogP contribution in [-0.4, -0.2) is 54.9 Å². The maximum Gasteiger partial charge on any atom is 0.240 e. The standard InChI is InChI=1S/C12H17N7OS/c20-11(16-12-17-14-9-21-12)6-18-4-2-1-3-10(18)5-19-8-13-7-15-19/h7-10H,1-6H2,(H,16,17,20)/t10-/m0/s1. The van der Waals surface area contributed by atoms with Gasteiger partial charge >= 0.3 is 0 Å². The Morgan fingerprint density at radius 1 is 1.48 bits per heavy atom. The molecule has 3 rings (SSSR count). The zero-order valence-electron chi connectivity index (χ0n) is 11.6. The second kappa shape index (κ2) is 6.72. The number of hydrogen-bond acceptors (Lipinski definition) is 7. The fourth-order valence-electron chi connectivity index (χ4n) is 2.59. The quantitative estimate of drug-likeness (QED) is 0.871. The van der Waals surface area contributed by atoms with Gasteiger partial charge in [0.2, 0.25) is 11.0 Å². The van der Waals surface area contributed by atoms with E-state index in [9.17, 15) is 4.79 Å². The fraction of sp³-hybridized carbons (Fsp3) is 0.583. The topological polar surface area (TPSA) is 88.8 Å². The number of aromatic nitrogens is 5. The monoisotopic (exact) mass is 307 g/mol. The lowest BCUT2D eigenvalue weighted by Crippen LogP contribution is -2.46. The first-order chi connectivity index (χ1) is 10.3. The Balaban J connectivity index is 1.57. The Morgan fingerprint density at radius 3 is 3.19 bits per heavy atom. The molecule has 0 aliphatic carbocycles. The summed E-state index contributed by atoms with van der Waals surface area (Å²) >= 11 is 1.32. The number of amides is 1. The molecule has 0 aromatic carbocycles. The van der Waals surface area contributed by atoms with Gasteiger partial charge in [-0.15, -0.1) is 10.2 Å². The van der Waals surface area contributed by atoms with E-state index in [1.165, 1.54) is 24.1 Å². The Morgan fingerprint density at radius 2 is 2.43 bits per heavy atom. The molecule has 1 N–H and O–H groups in total. The highest BCUT2D eigenvalue weighted by molar-refractivity contribution is 7.13. The van der Waals surface area contributed by atoms with Crippen molar-refractivity contribution in [3.63, 3.8) is 0 Å². The van der Waals surface area contributed by atoms with Gasteiger partial charge in [0.1, 0.15) is 18.2 Å². The lowest BCUT2D eigenvalue weighted by atomic mass is 10.0. The van der Waals surface area contributed by atoms with E-state index >= 15 is 0 Å². The molecular formula is C12H17N7OS. The predicted molar refractivity (Wildman–Crippen MR) is 77.8 cm³/mol. The van der Waals surface area contributed by atoms with Crippen molar-refractivity contribution in [1.82, 2.24) is 29.9 Å². The molecule has 0 unspecified atom stereocenters. The summed E-state index contributed by atoms with van der Waals surface area (Å²) in [6, 6.07) is 0.320. The van der Waals surface area contributed by atoms with Crippen molar-refractivity contribution in [2.24, 2.45) is 0 Å². The molecule has 21 heavy (non-hydrogen) atoms. The van der Waals surface area contributed by atoms with Crippen molar-refractivity contribution in [1.29, 1.82) is 0 Å². The normalized spacial score (nSPS) is 19.5. The Kier molecular flexibility index (Phi) is 4.51. The minimum absolute atomic E-state index is 0.0442. The van der Waals surface area contributed by atoms with E-state index in [0.29, 0.717) is 17.7 Å². The number of rotatable bonds is 5. The van der Waals surface area contributed by atoms with E-state index in [4.69, 9.17) is 0 Å². The molecule has 0 saturated carbocycles. The molecule has 1 aliphatic rings. The van der Waals surface area contributed by atoms with E-state index in [-0.39, 0.29) is 5.91 Å². The molecule has 8 nitrogen and oxygen atoms in total. The molecule has 2 aromatic rings. The maximum atomic E-state index is 12.1. The van der Waals surface area contributed by atoms with Crippen LogP contribution in [-0.2, 0) is 11.3 Å². The summed E-state index contributed by atoms with van der Waals surface area (Å²) in [5.74, 6) is -0.0442. The highest BCUT2D eigenvalue weighted by Crippen LogP contribution is 2.18. The summed E-state index contributed by atoms with van der Waals surface area (Å²) in [6.07, 6.45) is 6.64. The van der Waals surface area contributed by atoms with E-state index < -0.39 is 0 Å². The van der Waals surface area contributed by atoms with Crippen molar-refractivity contribution in [3.05, 3.63) is 18.2 Å². The van der Waals surface area contributed by atoms with Crippen LogP contribution >= 0.6 is 11.3 Å². The van der Waals surface area contributed by atoms with Crippen LogP contribution in [0.15, 0.2) is 18.2 Å². The third-order valence-corrected chi connectivity index (χ3v) is 4.17. The van der Waals surface area contributed by atoms with Gasteiger partial charge in [0, 0.05) is 6.04 Å². The van der Waals surface area contributed by atoms with Gasteiger partial charge in [-0.2, -0.15) is 5.10 Å². The highest BCUT2D eigenvalue weighted by atomic mass is 32.1. The highest BCUT2D eigenvalue weighted by Gasteiger charge is 2.25. The smallest absolute Gasteiger partial charge is 0.240 e. The molecule has 0 bridgehead atoms. The minimum Gasteiger partial charge on any atom is -0.299 e. The number of nitrogens with one attached hydrogen (secondary N) is 1. The number of likely N-dealkylation sites (tertiary alicyclic amines) is 1. The lowest BCUT2D eigenvalue weighted by Gasteiger charge is -2.34. The van der Waals surface area contributed by atoms with Gasteiger partial charge in [-0.05, 0) is 19.4 Å². The van der Waals surface area contributed by atoms with Crippen LogP contribution in [0.3, 0.4) is 0 Å². The first-order valence-electron chi connectivity index (χ1n) is 6.94. The van der Waals surface area contributed by atoms with Crippen LogP contribution in [0.4, 0.5) is 5.13 Å². The molecule has 1 aliphatic heterocycles. The molecule has 1 amide bonds. The Hall–Kier alpha value is -1.87. The summed E-state index contributed by atoms with van der Waals surface area (Å²) in [7, 11) is 0. The van der Waals surface area contributed by atoms with Gasteiger partial charge in [-0.1, -0.05) is 17.8 Å². The van der Waals surface area contributed by atoms with Gasteiger partial charge in [0.15, 0.2) is 0 Å². The predicted octanol–water partition coefficient (Wildman–Crippen LogP) is 0.623. The van der Waals surface area contributed by atoms with E-state index in [1.807, 2.05) is 4.68 Å². The van der Waals surface area contributed by atoms with E-state index in [0.717, 1.165) is 25.9 Å². The average Bonchev–Trinajstić information content (AvgIpc) is 3.14. The van der Waals surface area contributed by atoms with Crippen molar-refractivity contribution in [2.45, 2.75) is 31.8 Å². The number of carbonyl (C=O) groups is 1. The first kappa shape index (κ1) is 14.1. The number of hydrogen-bond donors (Lipinski definition) is 1. The lowest BCUT2D eigenvalue weighted by molar-refractivity contribution is -0.118. The molecule has 9 heteroatoms. The summed E-state index contributed by atoms with van der Waals surface area (Å²) in [4.78, 5) is 18.3. The van der Waals surface area contributed by atoms with Gasteiger partial charge in [-0.25, -0.2) is 4.98 Å². The summed E-state index contributed by atoms with van der Waals surface area (Å²) < 4.78 is 1.83. The number of piperidine rings is 1. The van der Waals surface area contributed by atoms with E-state index in [1.54, 1.807) is 11.8 Å². The molecule has 3 heterocycles. The molecule has 1 atom stereocenters. The summed E-state index contributed by atoms with van der Waals surface area (Å²) in [5.41, 5.74) is 1.60. The van der Waals surface area contributed by atoms with Crippen molar-refractivity contribution >= 4 is 22.4 Å². The van der Waals surface area contributed by atoms with Crippen molar-refractivity contribution in [2.75, 3.05) is 18.4 Å². The van der Waals surface area contributed by atoms with Gasteiger partial charge in [-0.3, -0.25) is 19.7 Å². The van der Waals surface area contributed by atoms with Crippen molar-refractivity contribution in [3.8, 4) is 0 Å². The van der Waals surface area contributed by atoms with Crippen LogP contribution in [0, 0.1) is 0 Å². The molecule has 112 valence electrons. The van der Waals surface area contributed by atoms with Crippen molar-refractivity contribution < 1.29 is 4.79 Å². The number of carbonyl (C=O) groups excluding carboxylic acids is 1. The average molecular weight is 307 g/mol. The first-order valence-corrected chi connectivity index (χ1v) is 7.82. The second-order valence-electron chi connectivity index (χ2n) is 5.03. The molecule has 2 aromatic heterocycles. The zero-order valence-corrected chi connectivity index (χ0v) is 12.4. The Bertz CT molecular complexity index is 556.